The Labute approximate surface area is 144 Å². The Morgan fingerprint density at radius 1 is 1.33 bits per heavy atom. The minimum atomic E-state index is -0.737. The van der Waals surface area contributed by atoms with Gasteiger partial charge < -0.3 is 20.6 Å². The first-order valence-electron chi connectivity index (χ1n) is 7.49. The summed E-state index contributed by atoms with van der Waals surface area (Å²) in [5.41, 5.74) is 5.73. The zero-order valence-corrected chi connectivity index (χ0v) is 15.1. The first kappa shape index (κ1) is 20.2. The normalized spacial score (nSPS) is 12.8. The molecule has 0 aliphatic rings. The molecule has 4 N–H and O–H groups in total. The largest absolute Gasteiger partial charge is 0.467 e. The van der Waals surface area contributed by atoms with Crippen molar-refractivity contribution in [2.45, 2.75) is 51.6 Å². The number of halogens is 1. The van der Waals surface area contributed by atoms with Gasteiger partial charge in [-0.3, -0.25) is 4.99 Å². The fourth-order valence-corrected chi connectivity index (χ4v) is 1.93. The van der Waals surface area contributed by atoms with Crippen LogP contribution in [0.4, 0.5) is 0 Å². The fourth-order valence-electron chi connectivity index (χ4n) is 1.93. The van der Waals surface area contributed by atoms with Crippen molar-refractivity contribution >= 4 is 29.9 Å². The Morgan fingerprint density at radius 2 is 2.05 bits per heavy atom. The van der Waals surface area contributed by atoms with Crippen LogP contribution in [0.1, 0.15) is 57.3 Å². The first-order chi connectivity index (χ1) is 9.74. The average molecular weight is 409 g/mol. The van der Waals surface area contributed by atoms with E-state index in [9.17, 15) is 5.11 Å². The van der Waals surface area contributed by atoms with E-state index in [1.165, 1.54) is 38.4 Å². The van der Waals surface area contributed by atoms with Gasteiger partial charge in [0.05, 0.1) is 12.8 Å². The summed E-state index contributed by atoms with van der Waals surface area (Å²) in [6, 6.07) is 3.46. The molecule has 1 rings (SSSR count). The summed E-state index contributed by atoms with van der Waals surface area (Å²) in [4.78, 5) is 4.10. The van der Waals surface area contributed by atoms with E-state index >= 15 is 0 Å². The first-order valence-corrected chi connectivity index (χ1v) is 7.49. The highest BCUT2D eigenvalue weighted by Crippen LogP contribution is 2.12. The zero-order chi connectivity index (χ0) is 14.6. The molecule has 0 radical (unpaired) electrons. The highest BCUT2D eigenvalue weighted by Gasteiger charge is 2.09. The lowest BCUT2D eigenvalue weighted by Gasteiger charge is -2.07. The Morgan fingerprint density at radius 3 is 2.71 bits per heavy atom. The van der Waals surface area contributed by atoms with Crippen LogP contribution in [0.3, 0.4) is 0 Å². The number of hydrogen-bond donors (Lipinski definition) is 3. The maximum Gasteiger partial charge on any atom is 0.188 e. The van der Waals surface area contributed by atoms with Gasteiger partial charge in [0.25, 0.3) is 0 Å². The molecule has 0 bridgehead atoms. The predicted octanol–water partition coefficient (Wildman–Crippen LogP) is 3.20. The summed E-state index contributed by atoms with van der Waals surface area (Å²) in [7, 11) is 0. The third-order valence-electron chi connectivity index (χ3n) is 3.14. The number of nitrogens with two attached hydrogens (primary N) is 1. The number of aliphatic hydroxyl groups excluding tert-OH is 1. The van der Waals surface area contributed by atoms with Crippen molar-refractivity contribution in [3.63, 3.8) is 0 Å². The quantitative estimate of drug-likeness (QED) is 0.240. The number of guanidine groups is 1. The molecule has 0 spiro atoms. The lowest BCUT2D eigenvalue weighted by Crippen LogP contribution is -2.32. The molecule has 0 fully saturated rings. The van der Waals surface area contributed by atoms with Gasteiger partial charge in [-0.1, -0.05) is 39.0 Å². The smallest absolute Gasteiger partial charge is 0.188 e. The van der Waals surface area contributed by atoms with Gasteiger partial charge in [-0.15, -0.1) is 24.0 Å². The van der Waals surface area contributed by atoms with Crippen LogP contribution in [-0.2, 0) is 0 Å². The van der Waals surface area contributed by atoms with Gasteiger partial charge in [0.1, 0.15) is 11.9 Å². The molecule has 122 valence electrons. The van der Waals surface area contributed by atoms with Crippen LogP contribution in [0.5, 0.6) is 0 Å². The Balaban J connectivity index is 0.00000400. The molecule has 21 heavy (non-hydrogen) atoms. The summed E-state index contributed by atoms with van der Waals surface area (Å²) >= 11 is 0. The molecule has 1 aromatic rings. The molecule has 0 saturated carbocycles. The Kier molecular flexibility index (Phi) is 12.5. The van der Waals surface area contributed by atoms with Gasteiger partial charge in [-0.05, 0) is 18.6 Å². The summed E-state index contributed by atoms with van der Waals surface area (Å²) in [5.74, 6) is 0.890. The summed E-state index contributed by atoms with van der Waals surface area (Å²) in [6.45, 7) is 3.26. The van der Waals surface area contributed by atoms with Crippen LogP contribution in [0, 0.1) is 0 Å². The molecule has 0 aliphatic heterocycles. The van der Waals surface area contributed by atoms with E-state index in [1.807, 2.05) is 0 Å². The van der Waals surface area contributed by atoms with Crippen LogP contribution >= 0.6 is 24.0 Å². The van der Waals surface area contributed by atoms with Crippen LogP contribution in [0.2, 0.25) is 0 Å². The van der Waals surface area contributed by atoms with Crippen molar-refractivity contribution in [2.24, 2.45) is 10.7 Å². The van der Waals surface area contributed by atoms with Gasteiger partial charge >= 0.3 is 0 Å². The lowest BCUT2D eigenvalue weighted by molar-refractivity contribution is 0.158. The minimum absolute atomic E-state index is 0. The third kappa shape index (κ3) is 9.73. The fraction of sp³-hybridized carbons (Fsp3) is 0.667. The molecule has 1 atom stereocenters. The minimum Gasteiger partial charge on any atom is -0.467 e. The maximum absolute atomic E-state index is 9.77. The van der Waals surface area contributed by atoms with E-state index in [4.69, 9.17) is 10.2 Å². The number of nitrogens with zero attached hydrogens (tertiary/aromatic N) is 1. The van der Waals surface area contributed by atoms with Crippen molar-refractivity contribution in [1.29, 1.82) is 0 Å². The van der Waals surface area contributed by atoms with Crippen LogP contribution < -0.4 is 11.1 Å². The number of rotatable bonds is 10. The lowest BCUT2D eigenvalue weighted by atomic mass is 10.1. The van der Waals surface area contributed by atoms with Crippen molar-refractivity contribution in [1.82, 2.24) is 5.32 Å². The summed E-state index contributed by atoms with van der Waals surface area (Å²) in [5, 5.41) is 12.8. The molecule has 0 aromatic carbocycles. The maximum atomic E-state index is 9.77. The highest BCUT2D eigenvalue weighted by atomic mass is 127. The number of unbranched alkanes of at least 4 members (excludes halogenated alkanes) is 5. The number of nitrogens with one attached hydrogen (secondary N) is 1. The molecule has 6 heteroatoms. The van der Waals surface area contributed by atoms with Crippen molar-refractivity contribution in [3.8, 4) is 0 Å². The van der Waals surface area contributed by atoms with Crippen LogP contribution in [-0.4, -0.2) is 24.2 Å². The van der Waals surface area contributed by atoms with E-state index < -0.39 is 6.10 Å². The van der Waals surface area contributed by atoms with Crippen LogP contribution in [0.15, 0.2) is 27.8 Å². The average Bonchev–Trinajstić information content (AvgIpc) is 2.98. The topological polar surface area (TPSA) is 83.8 Å². The Bertz CT molecular complexity index is 369. The molecule has 1 unspecified atom stereocenters. The second kappa shape index (κ2) is 12.9. The molecule has 0 aliphatic carbocycles. The summed E-state index contributed by atoms with van der Waals surface area (Å²) in [6.07, 6.45) is 8.30. The van der Waals surface area contributed by atoms with E-state index in [-0.39, 0.29) is 30.5 Å². The number of hydrogen-bond acceptors (Lipinski definition) is 3. The number of furan rings is 1. The van der Waals surface area contributed by atoms with Crippen molar-refractivity contribution in [3.05, 3.63) is 24.2 Å². The van der Waals surface area contributed by atoms with Gasteiger partial charge in [0.15, 0.2) is 5.96 Å². The third-order valence-corrected chi connectivity index (χ3v) is 3.14. The number of aliphatic hydroxyl groups is 1. The van der Waals surface area contributed by atoms with Crippen molar-refractivity contribution in [2.75, 3.05) is 13.1 Å². The molecule has 5 nitrogen and oxygen atoms in total. The van der Waals surface area contributed by atoms with Crippen molar-refractivity contribution < 1.29 is 9.52 Å². The molecular formula is C15H28IN3O2. The highest BCUT2D eigenvalue weighted by molar-refractivity contribution is 14.0. The summed E-state index contributed by atoms with van der Waals surface area (Å²) < 4.78 is 5.09. The van der Waals surface area contributed by atoms with E-state index in [0.717, 1.165) is 13.0 Å². The monoisotopic (exact) mass is 409 g/mol. The van der Waals surface area contributed by atoms with Crippen LogP contribution in [0.25, 0.3) is 0 Å². The standard InChI is InChI=1S/C15H27N3O2.HI/c1-2-3-4-5-6-7-10-17-15(16)18-12-13(19)14-9-8-11-20-14;/h8-9,11,13,19H,2-7,10,12H2,1H3,(H3,16,17,18);1H. The van der Waals surface area contributed by atoms with E-state index in [2.05, 4.69) is 17.2 Å². The molecular weight excluding hydrogens is 381 g/mol. The van der Waals surface area contributed by atoms with Gasteiger partial charge in [0, 0.05) is 6.54 Å². The molecule has 1 heterocycles. The molecule has 0 saturated heterocycles. The second-order valence-corrected chi connectivity index (χ2v) is 4.95. The van der Waals surface area contributed by atoms with Gasteiger partial charge in [-0.2, -0.15) is 0 Å². The number of aliphatic imine (C=N–C) groups is 1. The second-order valence-electron chi connectivity index (χ2n) is 4.95. The molecule has 0 amide bonds. The molecule has 1 aromatic heterocycles. The zero-order valence-electron chi connectivity index (χ0n) is 12.8. The van der Waals surface area contributed by atoms with Gasteiger partial charge in [0.2, 0.25) is 0 Å². The van der Waals surface area contributed by atoms with E-state index in [0.29, 0.717) is 11.7 Å². The SMILES string of the molecule is CCCCCCCCNC(N)=NCC(O)c1ccco1.I. The predicted molar refractivity (Wildman–Crippen MR) is 97.0 cm³/mol. The van der Waals surface area contributed by atoms with Gasteiger partial charge in [-0.25, -0.2) is 0 Å². The Hall–Kier alpha value is -0.760. The van der Waals surface area contributed by atoms with E-state index in [1.54, 1.807) is 12.1 Å².